The molecule has 0 atom stereocenters. The van der Waals surface area contributed by atoms with Crippen molar-refractivity contribution in [3.8, 4) is 0 Å². The van der Waals surface area contributed by atoms with Crippen LogP contribution in [0, 0.1) is 5.41 Å². The highest BCUT2D eigenvalue weighted by Crippen LogP contribution is 2.30. The molecular weight excluding hydrogens is 352 g/mol. The van der Waals surface area contributed by atoms with Gasteiger partial charge in [-0.25, -0.2) is 4.98 Å². The van der Waals surface area contributed by atoms with E-state index in [1.807, 2.05) is 22.6 Å². The van der Waals surface area contributed by atoms with Crippen molar-refractivity contribution in [2.24, 2.45) is 0 Å². The Morgan fingerprint density at radius 1 is 1.21 bits per heavy atom. The Bertz CT molecular complexity index is 1230. The summed E-state index contributed by atoms with van der Waals surface area (Å²) in [6, 6.07) is 7.40. The molecule has 4 rings (SSSR count). The molecule has 4 N–H and O–H groups in total. The second kappa shape index (κ2) is 7.09. The maximum Gasteiger partial charge on any atom is 0.200 e. The molecule has 0 aliphatic heterocycles. The highest BCUT2D eigenvalue weighted by atomic mass is 16.1. The summed E-state index contributed by atoms with van der Waals surface area (Å²) in [5.41, 5.74) is 9.90. The Morgan fingerprint density at radius 3 is 2.79 bits per heavy atom. The van der Waals surface area contributed by atoms with Crippen LogP contribution in [-0.2, 0) is 0 Å². The molecule has 0 bridgehead atoms. The third-order valence-electron chi connectivity index (χ3n) is 5.17. The van der Waals surface area contributed by atoms with Crippen LogP contribution < -0.4 is 16.5 Å². The topological polar surface area (TPSA) is 99.5 Å². The van der Waals surface area contributed by atoms with Crippen LogP contribution in [0.3, 0.4) is 0 Å². The van der Waals surface area contributed by atoms with Crippen LogP contribution in [0.1, 0.15) is 18.4 Å². The van der Waals surface area contributed by atoms with E-state index in [1.54, 1.807) is 12.4 Å². The van der Waals surface area contributed by atoms with Gasteiger partial charge in [0, 0.05) is 29.7 Å². The largest absolute Gasteiger partial charge is 0.398 e. The predicted octanol–water partition coefficient (Wildman–Crippen LogP) is 2.77. The third kappa shape index (κ3) is 2.84. The molecular formula is C21H24N6O. The molecule has 0 fully saturated rings. The highest BCUT2D eigenvalue weighted by Gasteiger charge is 2.18. The van der Waals surface area contributed by atoms with Crippen molar-refractivity contribution in [3.63, 3.8) is 0 Å². The van der Waals surface area contributed by atoms with Crippen LogP contribution in [0.5, 0.6) is 0 Å². The minimum Gasteiger partial charge on any atom is -0.398 e. The van der Waals surface area contributed by atoms with Crippen molar-refractivity contribution in [1.29, 1.82) is 5.41 Å². The van der Waals surface area contributed by atoms with Crippen molar-refractivity contribution in [2.45, 2.75) is 12.8 Å². The second-order valence-electron chi connectivity index (χ2n) is 7.34. The number of pyridine rings is 1. The lowest BCUT2D eigenvalue weighted by Gasteiger charge is -2.14. The summed E-state index contributed by atoms with van der Waals surface area (Å²) < 4.78 is 1.92. The van der Waals surface area contributed by atoms with E-state index in [4.69, 9.17) is 11.1 Å². The van der Waals surface area contributed by atoms with Crippen LogP contribution in [0.2, 0.25) is 0 Å². The zero-order valence-electron chi connectivity index (χ0n) is 16.1. The quantitative estimate of drug-likeness (QED) is 0.199. The third-order valence-corrected chi connectivity index (χ3v) is 5.17. The first-order valence-electron chi connectivity index (χ1n) is 9.39. The first-order chi connectivity index (χ1) is 13.5. The van der Waals surface area contributed by atoms with E-state index in [-0.39, 0.29) is 5.43 Å². The minimum atomic E-state index is -0.116. The van der Waals surface area contributed by atoms with Gasteiger partial charge in [-0.05, 0) is 57.7 Å². The van der Waals surface area contributed by atoms with Gasteiger partial charge in [0.25, 0.3) is 0 Å². The summed E-state index contributed by atoms with van der Waals surface area (Å²) in [7, 11) is 4.13. The number of rotatable bonds is 7. The summed E-state index contributed by atoms with van der Waals surface area (Å²) in [6.07, 6.45) is 4.98. The number of unbranched alkanes of at least 4 members (excludes halogenated alkanes) is 1. The second-order valence-corrected chi connectivity index (χ2v) is 7.34. The standard InChI is InChI=1S/C21H24N6O/c1-26(2)10-4-3-9-24-15-6-7-16-20-19(15)21(28)18-13(11-22)14(23)5-8-17(18)27(20)12-25-16/h5-8,11-12,22,24H,3-4,9-10,23H2,1-2H3. The van der Waals surface area contributed by atoms with Gasteiger partial charge in [-0.1, -0.05) is 0 Å². The van der Waals surface area contributed by atoms with E-state index in [0.717, 1.165) is 54.4 Å². The van der Waals surface area contributed by atoms with Crippen molar-refractivity contribution in [1.82, 2.24) is 14.3 Å². The Hall–Kier alpha value is -3.19. The zero-order chi connectivity index (χ0) is 19.8. The molecule has 7 heteroatoms. The molecule has 0 radical (unpaired) electrons. The molecule has 0 saturated carbocycles. The van der Waals surface area contributed by atoms with Gasteiger partial charge < -0.3 is 21.4 Å². The first kappa shape index (κ1) is 18.2. The van der Waals surface area contributed by atoms with Gasteiger partial charge in [0.1, 0.15) is 6.33 Å². The van der Waals surface area contributed by atoms with E-state index in [1.165, 1.54) is 0 Å². The molecule has 2 aromatic heterocycles. The van der Waals surface area contributed by atoms with Crippen LogP contribution in [-0.4, -0.2) is 47.7 Å². The maximum atomic E-state index is 13.5. The van der Waals surface area contributed by atoms with Gasteiger partial charge in [-0.3, -0.25) is 9.20 Å². The van der Waals surface area contributed by atoms with E-state index in [0.29, 0.717) is 22.0 Å². The fourth-order valence-corrected chi connectivity index (χ4v) is 3.79. The average molecular weight is 376 g/mol. The van der Waals surface area contributed by atoms with Gasteiger partial charge >= 0.3 is 0 Å². The van der Waals surface area contributed by atoms with Crippen LogP contribution in [0.15, 0.2) is 35.4 Å². The number of imidazole rings is 1. The Balaban J connectivity index is 1.88. The predicted molar refractivity (Wildman–Crippen MR) is 116 cm³/mol. The molecule has 0 spiro atoms. The zero-order valence-corrected chi connectivity index (χ0v) is 16.1. The molecule has 144 valence electrons. The van der Waals surface area contributed by atoms with Crippen LogP contribution in [0.25, 0.3) is 27.3 Å². The van der Waals surface area contributed by atoms with Crippen LogP contribution >= 0.6 is 0 Å². The molecule has 0 amide bonds. The highest BCUT2D eigenvalue weighted by molar-refractivity contribution is 6.11. The van der Waals surface area contributed by atoms with Gasteiger partial charge in [0.2, 0.25) is 0 Å². The molecule has 0 saturated heterocycles. The van der Waals surface area contributed by atoms with Gasteiger partial charge in [-0.15, -0.1) is 0 Å². The monoisotopic (exact) mass is 376 g/mol. The first-order valence-corrected chi connectivity index (χ1v) is 9.39. The number of nitrogens with two attached hydrogens (primary N) is 1. The number of hydrogen-bond acceptors (Lipinski definition) is 6. The van der Waals surface area contributed by atoms with Crippen molar-refractivity contribution in [3.05, 3.63) is 46.4 Å². The summed E-state index contributed by atoms with van der Waals surface area (Å²) in [4.78, 5) is 20.1. The van der Waals surface area contributed by atoms with Crippen molar-refractivity contribution >= 4 is 44.9 Å². The number of nitrogens with one attached hydrogen (secondary N) is 2. The van der Waals surface area contributed by atoms with E-state index < -0.39 is 0 Å². The van der Waals surface area contributed by atoms with Gasteiger partial charge in [0.15, 0.2) is 5.43 Å². The Kier molecular flexibility index (Phi) is 4.60. The number of benzene rings is 2. The fourth-order valence-electron chi connectivity index (χ4n) is 3.79. The number of nitrogens with zero attached hydrogens (tertiary/aromatic N) is 3. The molecule has 28 heavy (non-hydrogen) atoms. The summed E-state index contributed by atoms with van der Waals surface area (Å²) in [6.45, 7) is 1.82. The molecule has 7 nitrogen and oxygen atoms in total. The number of anilines is 2. The number of nitrogen functional groups attached to an aromatic ring is 1. The normalized spacial score (nSPS) is 11.8. The average Bonchev–Trinajstić information content (AvgIpc) is 3.10. The molecule has 0 aliphatic rings. The molecule has 0 unspecified atom stereocenters. The Labute approximate surface area is 162 Å². The van der Waals surface area contributed by atoms with Crippen molar-refractivity contribution < 1.29 is 0 Å². The summed E-state index contributed by atoms with van der Waals surface area (Å²) >= 11 is 0. The summed E-state index contributed by atoms with van der Waals surface area (Å²) in [5, 5.41) is 12.2. The van der Waals surface area contributed by atoms with Gasteiger partial charge in [-0.2, -0.15) is 0 Å². The van der Waals surface area contributed by atoms with E-state index in [9.17, 15) is 4.79 Å². The van der Waals surface area contributed by atoms with Gasteiger partial charge in [0.05, 0.1) is 27.3 Å². The lowest BCUT2D eigenvalue weighted by Crippen LogP contribution is -2.15. The number of fused-ring (bicyclic) bond motifs is 2. The molecule has 0 aliphatic carbocycles. The SMILES string of the molecule is CN(C)CCCCNc1ccc2ncn3c4ccc(N)c(C=N)c4c(=O)c1c23. The lowest BCUT2D eigenvalue weighted by atomic mass is 10.0. The Morgan fingerprint density at radius 2 is 2.04 bits per heavy atom. The maximum absolute atomic E-state index is 13.5. The minimum absolute atomic E-state index is 0.116. The smallest absolute Gasteiger partial charge is 0.200 e. The number of hydrogen-bond donors (Lipinski definition) is 3. The molecule has 2 heterocycles. The fraction of sp³-hybridized carbons (Fsp3) is 0.286. The molecule has 2 aromatic carbocycles. The van der Waals surface area contributed by atoms with E-state index >= 15 is 0 Å². The van der Waals surface area contributed by atoms with Crippen molar-refractivity contribution in [2.75, 3.05) is 38.2 Å². The number of aromatic nitrogens is 2. The van der Waals surface area contributed by atoms with E-state index in [2.05, 4.69) is 29.3 Å². The molecule has 4 aromatic rings. The lowest BCUT2D eigenvalue weighted by molar-refractivity contribution is 0.396. The van der Waals surface area contributed by atoms with Crippen LogP contribution in [0.4, 0.5) is 11.4 Å². The summed E-state index contributed by atoms with van der Waals surface area (Å²) in [5.74, 6) is 0.